The number of hydrogen-bond acceptors (Lipinski definition) is 0. The van der Waals surface area contributed by atoms with Crippen LogP contribution in [-0.2, 0) is 24.7 Å². The first-order valence-corrected chi connectivity index (χ1v) is 4.88. The summed E-state index contributed by atoms with van der Waals surface area (Å²) in [7, 11) is 0.983. The molecule has 0 bridgehead atoms. The van der Waals surface area contributed by atoms with Crippen molar-refractivity contribution in [3.63, 3.8) is 0 Å². The van der Waals surface area contributed by atoms with Gasteiger partial charge in [-0.15, -0.1) is 0 Å². The molecule has 1 heterocycles. The average molecular weight is 202 g/mol. The van der Waals surface area contributed by atoms with Gasteiger partial charge in [0.1, 0.15) is 0 Å². The zero-order valence-corrected chi connectivity index (χ0v) is 8.54. The predicted molar refractivity (Wildman–Crippen MR) is 35.1 cm³/mol. The van der Waals surface area contributed by atoms with Gasteiger partial charge < -0.3 is 0 Å². The van der Waals surface area contributed by atoms with Crippen molar-refractivity contribution in [2.45, 2.75) is 13.8 Å². The Balaban J connectivity index is 3.19. The molecule has 0 fully saturated rings. The van der Waals surface area contributed by atoms with E-state index in [1.807, 2.05) is 0 Å². The van der Waals surface area contributed by atoms with Crippen LogP contribution in [0.2, 0.25) is 0 Å². The van der Waals surface area contributed by atoms with Crippen LogP contribution < -0.4 is 3.27 Å². The van der Waals surface area contributed by atoms with Crippen molar-refractivity contribution in [2.75, 3.05) is 0 Å². The quantitative estimate of drug-likeness (QED) is 0.598. The summed E-state index contributed by atoms with van der Waals surface area (Å²) in [4.78, 5) is 0. The van der Waals surface area contributed by atoms with Crippen molar-refractivity contribution in [1.29, 1.82) is 0 Å². The van der Waals surface area contributed by atoms with Crippen LogP contribution in [0.4, 0.5) is 0 Å². The third kappa shape index (κ3) is 1.14. The Morgan fingerprint density at radius 3 is 2.25 bits per heavy atom. The minimum absolute atomic E-state index is 0.983. The van der Waals surface area contributed by atoms with Gasteiger partial charge in [0.2, 0.25) is 0 Å². The van der Waals surface area contributed by atoms with Crippen molar-refractivity contribution in [3.8, 4) is 0 Å². The molecular weight excluding hydrogens is 194 g/mol. The van der Waals surface area contributed by atoms with Gasteiger partial charge in [-0.25, -0.2) is 0 Å². The molecule has 0 saturated carbocycles. The van der Waals surface area contributed by atoms with Crippen LogP contribution in [0.1, 0.15) is 10.9 Å². The first-order chi connectivity index (χ1) is 3.72. The zero-order valence-electron chi connectivity index (χ0n) is 5.08. The summed E-state index contributed by atoms with van der Waals surface area (Å²) in [6.45, 7) is 4.43. The van der Waals surface area contributed by atoms with Gasteiger partial charge in [-0.3, -0.25) is 0 Å². The molecule has 2 heteroatoms. The molecule has 1 unspecified atom stereocenters. The molecule has 0 aliphatic rings. The maximum absolute atomic E-state index is 2.33. The Kier molecular flexibility index (Phi) is 2.12. The van der Waals surface area contributed by atoms with Crippen LogP contribution in [-0.4, -0.2) is 0 Å². The molecule has 1 aromatic rings. The van der Waals surface area contributed by atoms with Crippen LogP contribution in [0.5, 0.6) is 0 Å². The first kappa shape index (κ1) is 6.78. The second kappa shape index (κ2) is 2.50. The van der Waals surface area contributed by atoms with Gasteiger partial charge in [0.25, 0.3) is 0 Å². The van der Waals surface area contributed by atoms with E-state index in [1.165, 1.54) is 5.56 Å². The summed E-state index contributed by atoms with van der Waals surface area (Å²) in [5, 5.41) is 1.60. The van der Waals surface area contributed by atoms with Gasteiger partial charge in [0, 0.05) is 0 Å². The molecule has 0 saturated heterocycles. The fourth-order valence-electron chi connectivity index (χ4n) is 0.657. The molecule has 0 nitrogen and oxygen atoms in total. The Labute approximate surface area is 66.6 Å². The summed E-state index contributed by atoms with van der Waals surface area (Å²) in [6, 6.07) is 0. The van der Waals surface area contributed by atoms with Gasteiger partial charge in [-0.1, -0.05) is 0 Å². The summed E-state index contributed by atoms with van der Waals surface area (Å²) in [6.07, 6.45) is 0. The van der Waals surface area contributed by atoms with Crippen LogP contribution in [0.3, 0.4) is 0 Å². The third-order valence-electron chi connectivity index (χ3n) is 1.27. The molecule has 1 atom stereocenters. The minimum atomic E-state index is 0.983. The molecule has 0 radical (unpaired) electrons. The van der Waals surface area contributed by atoms with E-state index in [9.17, 15) is 0 Å². The predicted octanol–water partition coefficient (Wildman–Crippen LogP) is 1.51. The molecule has 0 N–H and O–H groups in total. The fourth-order valence-corrected chi connectivity index (χ4v) is 2.64. The van der Waals surface area contributed by atoms with E-state index in [-0.39, 0.29) is 0 Å². The molecule has 0 spiro atoms. The van der Waals surface area contributed by atoms with Gasteiger partial charge in [0.15, 0.2) is 0 Å². The summed E-state index contributed by atoms with van der Waals surface area (Å²) < 4.78 is 1.59. The van der Waals surface area contributed by atoms with Gasteiger partial charge >= 0.3 is 66.7 Å². The number of hydrogen-bond donors (Lipinski definition) is 0. The Bertz CT molecular complexity index is 171. The van der Waals surface area contributed by atoms with Gasteiger partial charge in [-0.05, 0) is 0 Å². The molecule has 8 heavy (non-hydrogen) atoms. The van der Waals surface area contributed by atoms with Crippen LogP contribution in [0.15, 0.2) is 5.80 Å². The zero-order chi connectivity index (χ0) is 6.15. The molecule has 1 rings (SSSR count). The summed E-state index contributed by atoms with van der Waals surface area (Å²) in [5.41, 5.74) is 1.51. The van der Waals surface area contributed by atoms with E-state index < -0.39 is 0 Å². The van der Waals surface area contributed by atoms with Crippen molar-refractivity contribution in [3.05, 3.63) is 16.7 Å². The normalized spacial score (nSPS) is 10.6. The summed E-state index contributed by atoms with van der Waals surface area (Å²) in [5.74, 6) is 2.33. The van der Waals surface area contributed by atoms with Crippen molar-refractivity contribution >= 4 is 11.5 Å². The number of aryl methyl sites for hydroxylation is 2. The topological polar surface area (TPSA) is 0 Å². The van der Waals surface area contributed by atoms with E-state index in [1.54, 1.807) is 33.3 Å². The van der Waals surface area contributed by atoms with Gasteiger partial charge in [-0.2, -0.15) is 0 Å². The van der Waals surface area contributed by atoms with Crippen molar-refractivity contribution < 1.29 is 24.7 Å². The van der Waals surface area contributed by atoms with Crippen LogP contribution in [0.25, 0.3) is 0 Å². The van der Waals surface area contributed by atoms with Crippen molar-refractivity contribution in [2.24, 2.45) is 0 Å². The van der Waals surface area contributed by atoms with Gasteiger partial charge in [0.05, 0.1) is 0 Å². The van der Waals surface area contributed by atoms with E-state index >= 15 is 0 Å². The molecule has 0 aliphatic carbocycles. The Morgan fingerprint density at radius 2 is 2.12 bits per heavy atom. The molecular formula is C6H8PZr. The fraction of sp³-hybridized carbons (Fsp3) is 0.333. The van der Waals surface area contributed by atoms with E-state index in [0.717, 1.165) is 8.19 Å². The van der Waals surface area contributed by atoms with E-state index in [2.05, 4.69) is 19.6 Å². The molecule has 0 amide bonds. The molecule has 1 aromatic heterocycles. The second-order valence-electron chi connectivity index (χ2n) is 1.97. The molecule has 41 valence electrons. The molecule has 0 aromatic carbocycles. The first-order valence-electron chi connectivity index (χ1n) is 2.58. The van der Waals surface area contributed by atoms with E-state index in [4.69, 9.17) is 0 Å². The summed E-state index contributed by atoms with van der Waals surface area (Å²) >= 11 is 1.58. The van der Waals surface area contributed by atoms with Crippen molar-refractivity contribution in [1.82, 2.24) is 0 Å². The standard InChI is InChI=1S/C6H8P.Zr/c1-5-3-6(2)7-4-5;/h4,7H,1-2H3;. The monoisotopic (exact) mass is 201 g/mol. The van der Waals surface area contributed by atoms with E-state index in [0.29, 0.717) is 0 Å². The maximum atomic E-state index is 2.33. The SMILES string of the molecule is Cc1c[pH]c(C)[c]1[Zr]. The Morgan fingerprint density at radius 1 is 1.50 bits per heavy atom. The third-order valence-corrected chi connectivity index (χ3v) is 5.04. The second-order valence-corrected chi connectivity index (χ2v) is 4.53. The van der Waals surface area contributed by atoms with Crippen LogP contribution >= 0.6 is 8.19 Å². The average Bonchev–Trinajstić information content (AvgIpc) is 1.98. The number of rotatable bonds is 0. The Hall–Kier alpha value is 0.663. The molecule has 0 aliphatic heterocycles. The van der Waals surface area contributed by atoms with Crippen LogP contribution in [0, 0.1) is 13.8 Å².